The van der Waals surface area contributed by atoms with Gasteiger partial charge in [0, 0.05) is 24.7 Å². The van der Waals surface area contributed by atoms with Gasteiger partial charge in [-0.05, 0) is 30.2 Å². The van der Waals surface area contributed by atoms with E-state index in [0.717, 1.165) is 0 Å². The van der Waals surface area contributed by atoms with Gasteiger partial charge >= 0.3 is 12.6 Å². The summed E-state index contributed by atoms with van der Waals surface area (Å²) >= 11 is 0. The molecule has 0 fully saturated rings. The Balaban J connectivity index is 1.66. The molecule has 0 radical (unpaired) electrons. The third kappa shape index (κ3) is 4.54. The predicted molar refractivity (Wildman–Crippen MR) is 116 cm³/mol. The zero-order valence-corrected chi connectivity index (χ0v) is 17.2. The van der Waals surface area contributed by atoms with Crippen molar-refractivity contribution < 1.29 is 18.7 Å². The summed E-state index contributed by atoms with van der Waals surface area (Å²) < 4.78 is 19.9. The number of benzene rings is 1. The number of nitrogens with one attached hydrogen (secondary N) is 1. The van der Waals surface area contributed by atoms with E-state index in [1.165, 1.54) is 6.07 Å². The van der Waals surface area contributed by atoms with Crippen molar-refractivity contribution in [1.29, 1.82) is 0 Å². The molecule has 0 spiro atoms. The van der Waals surface area contributed by atoms with Crippen molar-refractivity contribution >= 4 is 29.7 Å². The fourth-order valence-electron chi connectivity index (χ4n) is 3.34. The van der Waals surface area contributed by atoms with Crippen LogP contribution in [0.3, 0.4) is 0 Å². The number of amides is 1. The maximum absolute atomic E-state index is 14.2. The van der Waals surface area contributed by atoms with E-state index >= 15 is 0 Å². The molecule has 4 rings (SSSR count). The molecule has 0 atom stereocenters. The van der Waals surface area contributed by atoms with Crippen LogP contribution in [0.2, 0.25) is 0 Å². The molecule has 0 saturated carbocycles. The molecular formula is C21H19FN8O3. The summed E-state index contributed by atoms with van der Waals surface area (Å²) in [7, 11) is 0. The van der Waals surface area contributed by atoms with Gasteiger partial charge in [-0.1, -0.05) is 18.2 Å². The van der Waals surface area contributed by atoms with Crippen molar-refractivity contribution in [3.8, 4) is 11.5 Å². The number of anilines is 2. The standard InChI is InChI=1S/C21H19FN8O3/c22-14-5-2-1-4-12(14)10-16-27-17(15-6-3-8-26-30(15)16)20-28-18(23)13(19(24)29-20)7-9-25-21(32)33-11-31/h1-6,8,11H,7,9-10H2,(H,25,32)(H4,23,24,28,29). The van der Waals surface area contributed by atoms with Crippen LogP contribution in [0, 0.1) is 5.82 Å². The lowest BCUT2D eigenvalue weighted by molar-refractivity contribution is -0.123. The van der Waals surface area contributed by atoms with E-state index in [2.05, 4.69) is 30.1 Å². The number of nitrogens with zero attached hydrogens (tertiary/aromatic N) is 5. The molecule has 3 aromatic heterocycles. The number of imidazole rings is 1. The highest BCUT2D eigenvalue weighted by Crippen LogP contribution is 2.26. The van der Waals surface area contributed by atoms with Gasteiger partial charge in [-0.2, -0.15) is 5.10 Å². The van der Waals surface area contributed by atoms with Crippen LogP contribution in [0.5, 0.6) is 0 Å². The van der Waals surface area contributed by atoms with E-state index in [9.17, 15) is 14.0 Å². The third-order valence-electron chi connectivity index (χ3n) is 4.87. The molecule has 12 heteroatoms. The Kier molecular flexibility index (Phi) is 6.06. The normalized spacial score (nSPS) is 10.8. The van der Waals surface area contributed by atoms with Crippen LogP contribution < -0.4 is 16.8 Å². The van der Waals surface area contributed by atoms with Gasteiger partial charge in [0.15, 0.2) is 5.82 Å². The zero-order valence-electron chi connectivity index (χ0n) is 17.2. The number of alkyl carbamates (subject to hydrolysis) is 1. The Morgan fingerprint density at radius 3 is 2.61 bits per heavy atom. The van der Waals surface area contributed by atoms with Gasteiger partial charge in [0.05, 0.1) is 5.52 Å². The fraction of sp³-hybridized carbons (Fsp3) is 0.143. The SMILES string of the molecule is Nc1nc(-c2nc(Cc3ccccc3F)n3ncccc23)nc(N)c1CCNC(=O)OC=O. The number of aromatic nitrogens is 5. The van der Waals surface area contributed by atoms with Crippen LogP contribution in [0.15, 0.2) is 42.6 Å². The van der Waals surface area contributed by atoms with Gasteiger partial charge in [0.25, 0.3) is 0 Å². The molecule has 5 N–H and O–H groups in total. The van der Waals surface area contributed by atoms with Crippen molar-refractivity contribution in [1.82, 2.24) is 29.9 Å². The number of halogens is 1. The summed E-state index contributed by atoms with van der Waals surface area (Å²) in [5, 5.41) is 6.70. The van der Waals surface area contributed by atoms with Crippen molar-refractivity contribution in [2.75, 3.05) is 18.0 Å². The molecule has 1 amide bonds. The maximum atomic E-state index is 14.2. The van der Waals surface area contributed by atoms with E-state index in [-0.39, 0.29) is 49.1 Å². The topological polar surface area (TPSA) is 163 Å². The smallest absolute Gasteiger partial charge is 0.383 e. The molecule has 1 aromatic carbocycles. The minimum Gasteiger partial charge on any atom is -0.383 e. The van der Waals surface area contributed by atoms with Crippen molar-refractivity contribution in [3.05, 3.63) is 65.4 Å². The second-order valence-electron chi connectivity index (χ2n) is 6.94. The lowest BCUT2D eigenvalue weighted by Crippen LogP contribution is -2.26. The van der Waals surface area contributed by atoms with Crippen molar-refractivity contribution in [3.63, 3.8) is 0 Å². The molecule has 0 aliphatic carbocycles. The van der Waals surface area contributed by atoms with E-state index in [1.807, 2.05) is 0 Å². The van der Waals surface area contributed by atoms with Gasteiger partial charge in [0.2, 0.25) is 0 Å². The number of nitrogens with two attached hydrogens (primary N) is 2. The molecule has 168 valence electrons. The number of rotatable bonds is 7. The lowest BCUT2D eigenvalue weighted by atomic mass is 10.1. The highest BCUT2D eigenvalue weighted by molar-refractivity contribution is 5.76. The highest BCUT2D eigenvalue weighted by Gasteiger charge is 2.19. The first-order valence-corrected chi connectivity index (χ1v) is 9.84. The van der Waals surface area contributed by atoms with Gasteiger partial charge in [-0.3, -0.25) is 4.79 Å². The molecule has 4 aromatic rings. The second-order valence-corrected chi connectivity index (χ2v) is 6.94. The van der Waals surface area contributed by atoms with Gasteiger partial charge in [-0.15, -0.1) is 0 Å². The Morgan fingerprint density at radius 1 is 1.12 bits per heavy atom. The number of carbonyl (C=O) groups is 2. The Hall–Kier alpha value is -4.61. The van der Waals surface area contributed by atoms with E-state index < -0.39 is 6.09 Å². The van der Waals surface area contributed by atoms with Crippen LogP contribution >= 0.6 is 0 Å². The summed E-state index contributed by atoms with van der Waals surface area (Å²) in [6, 6.07) is 9.95. The number of carbonyl (C=O) groups excluding carboxylic acids is 2. The zero-order chi connectivity index (χ0) is 23.4. The first-order chi connectivity index (χ1) is 16.0. The van der Waals surface area contributed by atoms with Crippen LogP contribution in [0.1, 0.15) is 17.0 Å². The first kappa shape index (κ1) is 21.6. The van der Waals surface area contributed by atoms with Crippen molar-refractivity contribution in [2.45, 2.75) is 12.8 Å². The Labute approximate surface area is 186 Å². The summed E-state index contributed by atoms with van der Waals surface area (Å²) in [6.45, 7) is 0.133. The Morgan fingerprint density at radius 2 is 1.88 bits per heavy atom. The van der Waals surface area contributed by atoms with E-state index in [1.54, 1.807) is 41.0 Å². The highest BCUT2D eigenvalue weighted by atomic mass is 19.1. The fourth-order valence-corrected chi connectivity index (χ4v) is 3.34. The minimum absolute atomic E-state index is 0.0282. The number of nitrogen functional groups attached to an aromatic ring is 2. The lowest BCUT2D eigenvalue weighted by Gasteiger charge is -2.10. The minimum atomic E-state index is -0.890. The summed E-state index contributed by atoms with van der Waals surface area (Å²) in [4.78, 5) is 34.7. The maximum Gasteiger partial charge on any atom is 0.414 e. The summed E-state index contributed by atoms with van der Waals surface area (Å²) in [6.07, 6.45) is 1.13. The van der Waals surface area contributed by atoms with Gasteiger partial charge < -0.3 is 21.5 Å². The Bertz CT molecular complexity index is 1320. The monoisotopic (exact) mass is 450 g/mol. The summed E-state index contributed by atoms with van der Waals surface area (Å²) in [5.41, 5.74) is 14.1. The first-order valence-electron chi connectivity index (χ1n) is 9.84. The molecule has 0 aliphatic heterocycles. The molecule has 0 saturated heterocycles. The molecule has 0 aliphatic rings. The number of ether oxygens (including phenoxy) is 1. The summed E-state index contributed by atoms with van der Waals surface area (Å²) in [5.74, 6) is 0.569. The van der Waals surface area contributed by atoms with Crippen LogP contribution in [0.25, 0.3) is 17.0 Å². The average Bonchev–Trinajstić information content (AvgIpc) is 3.16. The number of hydrogen-bond acceptors (Lipinski definition) is 9. The van der Waals surface area contributed by atoms with Gasteiger partial charge in [0.1, 0.15) is 29.0 Å². The number of fused-ring (bicyclic) bond motifs is 1. The van der Waals surface area contributed by atoms with Gasteiger partial charge in [-0.25, -0.2) is 28.7 Å². The van der Waals surface area contributed by atoms with E-state index in [4.69, 9.17) is 11.5 Å². The third-order valence-corrected chi connectivity index (χ3v) is 4.87. The van der Waals surface area contributed by atoms with Crippen LogP contribution in [0.4, 0.5) is 20.8 Å². The number of hydrogen-bond donors (Lipinski definition) is 3. The predicted octanol–water partition coefficient (Wildman–Crippen LogP) is 1.51. The molecule has 0 bridgehead atoms. The molecule has 0 unspecified atom stereocenters. The molecule has 11 nitrogen and oxygen atoms in total. The van der Waals surface area contributed by atoms with Crippen molar-refractivity contribution in [2.24, 2.45) is 0 Å². The van der Waals surface area contributed by atoms with Crippen LogP contribution in [-0.2, 0) is 22.4 Å². The second kappa shape index (κ2) is 9.26. The quantitative estimate of drug-likeness (QED) is 0.280. The van der Waals surface area contributed by atoms with E-state index in [0.29, 0.717) is 28.2 Å². The molecule has 33 heavy (non-hydrogen) atoms. The largest absolute Gasteiger partial charge is 0.414 e. The molecule has 3 heterocycles. The average molecular weight is 450 g/mol. The molecular weight excluding hydrogens is 431 g/mol. The van der Waals surface area contributed by atoms with Crippen LogP contribution in [-0.4, -0.2) is 43.7 Å².